The molecule has 0 aliphatic carbocycles. The third-order valence-corrected chi connectivity index (χ3v) is 4.41. The van der Waals surface area contributed by atoms with Crippen molar-refractivity contribution in [2.24, 2.45) is 0 Å². The van der Waals surface area contributed by atoms with Crippen LogP contribution in [0.4, 0.5) is 4.79 Å². The standard InChI is InChI=1S/C14H20N2O4S/c1-2-20-10-5-7-16(8-6-10)14(19)15-12(13(17)18)11-4-3-9-21-11/h3-4,9-10,12H,2,5-8H2,1H3,(H,15,19)(H,17,18). The van der Waals surface area contributed by atoms with Gasteiger partial charge in [0.05, 0.1) is 6.10 Å². The van der Waals surface area contributed by atoms with Crippen molar-refractivity contribution in [3.05, 3.63) is 22.4 Å². The van der Waals surface area contributed by atoms with Crippen molar-refractivity contribution in [2.45, 2.75) is 31.9 Å². The number of likely N-dealkylation sites (tertiary alicyclic amines) is 1. The molecule has 1 aliphatic heterocycles. The molecule has 1 aromatic rings. The largest absolute Gasteiger partial charge is 0.479 e. The van der Waals surface area contributed by atoms with Gasteiger partial charge >= 0.3 is 12.0 Å². The molecule has 1 aliphatic rings. The van der Waals surface area contributed by atoms with Crippen molar-refractivity contribution in [3.8, 4) is 0 Å². The van der Waals surface area contributed by atoms with E-state index >= 15 is 0 Å². The average Bonchev–Trinajstić information content (AvgIpc) is 2.99. The predicted octanol–water partition coefficient (Wildman–Crippen LogP) is 2.08. The van der Waals surface area contributed by atoms with E-state index in [0.29, 0.717) is 24.6 Å². The first-order valence-electron chi connectivity index (χ1n) is 7.05. The Hall–Kier alpha value is -1.60. The van der Waals surface area contributed by atoms with Crippen LogP contribution in [0.1, 0.15) is 30.7 Å². The summed E-state index contributed by atoms with van der Waals surface area (Å²) in [4.78, 5) is 25.8. The van der Waals surface area contributed by atoms with Gasteiger partial charge in [0.15, 0.2) is 6.04 Å². The number of nitrogens with one attached hydrogen (secondary N) is 1. The molecular weight excluding hydrogens is 292 g/mol. The SMILES string of the molecule is CCOC1CCN(C(=O)NC(C(=O)O)c2cccs2)CC1. The molecule has 1 fully saturated rings. The predicted molar refractivity (Wildman–Crippen MR) is 79.4 cm³/mol. The second-order valence-corrected chi connectivity index (χ2v) is 5.86. The lowest BCUT2D eigenvalue weighted by Crippen LogP contribution is -2.48. The number of piperidine rings is 1. The second-order valence-electron chi connectivity index (χ2n) is 4.88. The summed E-state index contributed by atoms with van der Waals surface area (Å²) in [5.74, 6) is -1.05. The fourth-order valence-corrected chi connectivity index (χ4v) is 3.15. The molecule has 2 heterocycles. The van der Waals surface area contributed by atoms with Crippen molar-refractivity contribution >= 4 is 23.3 Å². The molecule has 0 radical (unpaired) electrons. The number of aliphatic carboxylic acids is 1. The zero-order valence-electron chi connectivity index (χ0n) is 11.9. The molecule has 2 rings (SSSR count). The average molecular weight is 312 g/mol. The highest BCUT2D eigenvalue weighted by Crippen LogP contribution is 2.20. The molecule has 21 heavy (non-hydrogen) atoms. The van der Waals surface area contributed by atoms with Gasteiger partial charge in [0, 0.05) is 24.6 Å². The van der Waals surface area contributed by atoms with Gasteiger partial charge in [-0.05, 0) is 31.2 Å². The molecule has 2 N–H and O–H groups in total. The Kier molecular flexibility index (Phi) is 5.58. The highest BCUT2D eigenvalue weighted by molar-refractivity contribution is 7.10. The Bertz CT molecular complexity index is 469. The lowest BCUT2D eigenvalue weighted by Gasteiger charge is -2.32. The van der Waals surface area contributed by atoms with Crippen LogP contribution in [-0.2, 0) is 9.53 Å². The molecule has 1 aromatic heterocycles. The molecule has 2 amide bonds. The summed E-state index contributed by atoms with van der Waals surface area (Å²) in [5, 5.41) is 13.6. The molecule has 7 heteroatoms. The van der Waals surface area contributed by atoms with E-state index in [0.717, 1.165) is 12.8 Å². The molecular formula is C14H20N2O4S. The number of amides is 2. The smallest absolute Gasteiger partial charge is 0.331 e. The maximum Gasteiger partial charge on any atom is 0.331 e. The van der Waals surface area contributed by atoms with E-state index in [1.165, 1.54) is 11.3 Å². The van der Waals surface area contributed by atoms with Gasteiger partial charge in [-0.2, -0.15) is 0 Å². The van der Waals surface area contributed by atoms with Gasteiger partial charge in [-0.25, -0.2) is 9.59 Å². The zero-order chi connectivity index (χ0) is 15.2. The minimum atomic E-state index is -1.05. The molecule has 1 atom stereocenters. The maximum absolute atomic E-state index is 12.2. The number of ether oxygens (including phenoxy) is 1. The number of carboxylic acid groups (broad SMARTS) is 1. The molecule has 0 spiro atoms. The minimum absolute atomic E-state index is 0.201. The van der Waals surface area contributed by atoms with E-state index in [-0.39, 0.29) is 12.1 Å². The monoisotopic (exact) mass is 312 g/mol. The Morgan fingerprint density at radius 1 is 1.52 bits per heavy atom. The summed E-state index contributed by atoms with van der Waals surface area (Å²) in [5.41, 5.74) is 0. The van der Waals surface area contributed by atoms with Gasteiger partial charge < -0.3 is 20.1 Å². The van der Waals surface area contributed by atoms with E-state index in [9.17, 15) is 14.7 Å². The fraction of sp³-hybridized carbons (Fsp3) is 0.571. The first-order chi connectivity index (χ1) is 10.1. The van der Waals surface area contributed by atoms with Crippen LogP contribution in [0, 0.1) is 0 Å². The number of carbonyl (C=O) groups is 2. The number of hydrogen-bond acceptors (Lipinski definition) is 4. The molecule has 6 nitrogen and oxygen atoms in total. The number of urea groups is 1. The molecule has 1 unspecified atom stereocenters. The molecule has 1 saturated heterocycles. The summed E-state index contributed by atoms with van der Waals surface area (Å²) in [6.45, 7) is 3.81. The van der Waals surface area contributed by atoms with Gasteiger partial charge in [-0.1, -0.05) is 6.07 Å². The number of carboxylic acids is 1. The summed E-state index contributed by atoms with van der Waals surface area (Å²) >= 11 is 1.32. The van der Waals surface area contributed by atoms with Crippen LogP contribution < -0.4 is 5.32 Å². The zero-order valence-corrected chi connectivity index (χ0v) is 12.8. The van der Waals surface area contributed by atoms with Crippen LogP contribution in [0.15, 0.2) is 17.5 Å². The van der Waals surface area contributed by atoms with Crippen molar-refractivity contribution in [3.63, 3.8) is 0 Å². The van der Waals surface area contributed by atoms with Crippen LogP contribution in [-0.4, -0.2) is 47.8 Å². The van der Waals surface area contributed by atoms with Crippen molar-refractivity contribution < 1.29 is 19.4 Å². The van der Waals surface area contributed by atoms with Crippen molar-refractivity contribution in [2.75, 3.05) is 19.7 Å². The van der Waals surface area contributed by atoms with E-state index in [4.69, 9.17) is 4.74 Å². The van der Waals surface area contributed by atoms with Gasteiger partial charge in [0.2, 0.25) is 0 Å². The van der Waals surface area contributed by atoms with E-state index < -0.39 is 12.0 Å². The molecule has 0 aromatic carbocycles. The molecule has 0 saturated carbocycles. The number of nitrogens with zero attached hydrogens (tertiary/aromatic N) is 1. The first kappa shape index (κ1) is 15.8. The summed E-state index contributed by atoms with van der Waals surface area (Å²) < 4.78 is 5.54. The van der Waals surface area contributed by atoms with Crippen LogP contribution in [0.25, 0.3) is 0 Å². The van der Waals surface area contributed by atoms with Crippen molar-refractivity contribution in [1.82, 2.24) is 10.2 Å². The maximum atomic E-state index is 12.2. The second kappa shape index (κ2) is 7.42. The molecule has 116 valence electrons. The Labute approximate surface area is 127 Å². The number of carbonyl (C=O) groups excluding carboxylic acids is 1. The topological polar surface area (TPSA) is 78.9 Å². The summed E-state index contributed by atoms with van der Waals surface area (Å²) in [6.07, 6.45) is 1.78. The Morgan fingerprint density at radius 3 is 2.76 bits per heavy atom. The Balaban J connectivity index is 1.90. The van der Waals surface area contributed by atoms with Gasteiger partial charge in [-0.3, -0.25) is 0 Å². The lowest BCUT2D eigenvalue weighted by molar-refractivity contribution is -0.139. The number of hydrogen-bond donors (Lipinski definition) is 2. The summed E-state index contributed by atoms with van der Waals surface area (Å²) in [7, 11) is 0. The highest BCUT2D eigenvalue weighted by Gasteiger charge is 2.28. The highest BCUT2D eigenvalue weighted by atomic mass is 32.1. The summed E-state index contributed by atoms with van der Waals surface area (Å²) in [6, 6.07) is 2.17. The van der Waals surface area contributed by atoms with Crippen LogP contribution in [0.5, 0.6) is 0 Å². The van der Waals surface area contributed by atoms with E-state index in [1.54, 1.807) is 22.4 Å². The van der Waals surface area contributed by atoms with Gasteiger partial charge in [-0.15, -0.1) is 11.3 Å². The van der Waals surface area contributed by atoms with Crippen LogP contribution in [0.3, 0.4) is 0 Å². The molecule has 0 bridgehead atoms. The first-order valence-corrected chi connectivity index (χ1v) is 7.93. The lowest BCUT2D eigenvalue weighted by atomic mass is 10.1. The third-order valence-electron chi connectivity index (χ3n) is 3.47. The van der Waals surface area contributed by atoms with Gasteiger partial charge in [0.1, 0.15) is 0 Å². The minimum Gasteiger partial charge on any atom is -0.479 e. The quantitative estimate of drug-likeness (QED) is 0.872. The van der Waals surface area contributed by atoms with Crippen LogP contribution >= 0.6 is 11.3 Å². The third kappa shape index (κ3) is 4.18. The van der Waals surface area contributed by atoms with E-state index in [2.05, 4.69) is 5.32 Å². The normalized spacial score (nSPS) is 17.5. The van der Waals surface area contributed by atoms with Crippen LogP contribution in [0.2, 0.25) is 0 Å². The number of rotatable bonds is 5. The van der Waals surface area contributed by atoms with Gasteiger partial charge in [0.25, 0.3) is 0 Å². The Morgan fingerprint density at radius 2 is 2.24 bits per heavy atom. The number of thiophene rings is 1. The fourth-order valence-electron chi connectivity index (χ4n) is 2.39. The van der Waals surface area contributed by atoms with E-state index in [1.807, 2.05) is 6.92 Å². The van der Waals surface area contributed by atoms with Crippen molar-refractivity contribution in [1.29, 1.82) is 0 Å².